The highest BCUT2D eigenvalue weighted by Crippen LogP contribution is 2.36. The van der Waals surface area contributed by atoms with Gasteiger partial charge in [0.1, 0.15) is 12.4 Å². The van der Waals surface area contributed by atoms with Crippen LogP contribution >= 0.6 is 34.8 Å². The maximum absolute atomic E-state index is 12.3. The Morgan fingerprint density at radius 3 is 2.61 bits per heavy atom. The summed E-state index contributed by atoms with van der Waals surface area (Å²) in [5, 5.41) is 8.18. The minimum Gasteiger partial charge on any atom is -0.483 e. The fourth-order valence-corrected chi connectivity index (χ4v) is 3.47. The number of benzene rings is 1. The van der Waals surface area contributed by atoms with E-state index >= 15 is 0 Å². The van der Waals surface area contributed by atoms with Gasteiger partial charge in [0, 0.05) is 29.9 Å². The number of furan rings is 1. The van der Waals surface area contributed by atoms with Crippen LogP contribution in [0.4, 0.5) is 0 Å². The van der Waals surface area contributed by atoms with Crippen LogP contribution in [-0.4, -0.2) is 15.7 Å². The van der Waals surface area contributed by atoms with Gasteiger partial charge in [-0.3, -0.25) is 9.48 Å². The third kappa shape index (κ3) is 4.82. The minimum atomic E-state index is -0.322. The Kier molecular flexibility index (Phi) is 6.54. The van der Waals surface area contributed by atoms with Crippen molar-refractivity contribution in [2.75, 3.05) is 0 Å². The predicted molar refractivity (Wildman–Crippen MR) is 108 cm³/mol. The lowest BCUT2D eigenvalue weighted by Gasteiger charge is -2.09. The molecule has 2 aromatic heterocycles. The molecule has 0 radical (unpaired) electrons. The second kappa shape index (κ2) is 8.90. The molecule has 1 N–H and O–H groups in total. The minimum absolute atomic E-state index is 0.0662. The fourth-order valence-electron chi connectivity index (χ4n) is 2.54. The van der Waals surface area contributed by atoms with Crippen molar-refractivity contribution in [1.29, 1.82) is 0 Å². The number of aryl methyl sites for hydroxylation is 2. The van der Waals surface area contributed by atoms with E-state index in [0.29, 0.717) is 33.1 Å². The molecule has 0 aliphatic carbocycles. The van der Waals surface area contributed by atoms with E-state index in [1.54, 1.807) is 12.1 Å². The van der Waals surface area contributed by atoms with Gasteiger partial charge in [0.2, 0.25) is 0 Å². The number of carbonyl (C=O) groups excluding carboxylic acids is 1. The first-order valence-corrected chi connectivity index (χ1v) is 9.68. The van der Waals surface area contributed by atoms with E-state index in [1.807, 2.05) is 24.7 Å². The molecule has 0 saturated carbocycles. The average Bonchev–Trinajstić information content (AvgIpc) is 3.25. The Balaban J connectivity index is 1.59. The first-order valence-electron chi connectivity index (χ1n) is 8.54. The normalized spacial score (nSPS) is 10.9. The highest BCUT2D eigenvalue weighted by molar-refractivity contribution is 6.40. The maximum atomic E-state index is 12.3. The Hall–Kier alpha value is -2.15. The molecular weight excluding hydrogens is 425 g/mol. The number of amides is 1. The van der Waals surface area contributed by atoms with E-state index in [-0.39, 0.29) is 18.3 Å². The number of nitrogens with one attached hydrogen (secondary N) is 1. The van der Waals surface area contributed by atoms with E-state index in [0.717, 1.165) is 17.8 Å². The molecule has 0 unspecified atom stereocenters. The number of hydrogen-bond acceptors (Lipinski definition) is 4. The van der Waals surface area contributed by atoms with Gasteiger partial charge in [-0.05, 0) is 38.1 Å². The molecular formula is C19H18Cl3N3O3. The SMILES string of the molecule is CCn1cc(CNC(=O)c2ccc(COc3c(Cl)cc(Cl)cc3Cl)o2)c(C)n1. The molecule has 0 atom stereocenters. The Morgan fingerprint density at radius 1 is 1.25 bits per heavy atom. The van der Waals surface area contributed by atoms with Gasteiger partial charge >= 0.3 is 0 Å². The van der Waals surface area contributed by atoms with Gasteiger partial charge in [0.15, 0.2) is 11.5 Å². The van der Waals surface area contributed by atoms with E-state index in [2.05, 4.69) is 10.4 Å². The molecule has 3 aromatic rings. The predicted octanol–water partition coefficient (Wildman–Crippen LogP) is 5.27. The number of hydrogen-bond donors (Lipinski definition) is 1. The molecule has 1 amide bonds. The lowest BCUT2D eigenvalue weighted by molar-refractivity contribution is 0.0919. The molecule has 6 nitrogen and oxygen atoms in total. The van der Waals surface area contributed by atoms with Crippen molar-refractivity contribution in [2.24, 2.45) is 0 Å². The van der Waals surface area contributed by atoms with Gasteiger partial charge in [-0.25, -0.2) is 0 Å². The smallest absolute Gasteiger partial charge is 0.287 e. The summed E-state index contributed by atoms with van der Waals surface area (Å²) in [6, 6.07) is 6.32. The summed E-state index contributed by atoms with van der Waals surface area (Å²) >= 11 is 18.0. The summed E-state index contributed by atoms with van der Waals surface area (Å²) in [7, 11) is 0. The van der Waals surface area contributed by atoms with Gasteiger partial charge in [0.25, 0.3) is 5.91 Å². The van der Waals surface area contributed by atoms with Crippen LogP contribution in [0.25, 0.3) is 0 Å². The zero-order chi connectivity index (χ0) is 20.3. The van der Waals surface area contributed by atoms with Crippen molar-refractivity contribution >= 4 is 40.7 Å². The summed E-state index contributed by atoms with van der Waals surface area (Å²) in [6.45, 7) is 5.12. The molecule has 28 heavy (non-hydrogen) atoms. The van der Waals surface area contributed by atoms with Gasteiger partial charge < -0.3 is 14.5 Å². The van der Waals surface area contributed by atoms with Crippen molar-refractivity contribution in [2.45, 2.75) is 33.5 Å². The number of rotatable bonds is 7. The van der Waals surface area contributed by atoms with Crippen LogP contribution in [-0.2, 0) is 19.7 Å². The van der Waals surface area contributed by atoms with Crippen LogP contribution in [0.15, 0.2) is 34.9 Å². The van der Waals surface area contributed by atoms with E-state index in [1.165, 1.54) is 12.1 Å². The lowest BCUT2D eigenvalue weighted by Crippen LogP contribution is -2.22. The van der Waals surface area contributed by atoms with Crippen LogP contribution in [0.1, 0.15) is 34.5 Å². The lowest BCUT2D eigenvalue weighted by atomic mass is 10.2. The molecule has 3 rings (SSSR count). The third-order valence-electron chi connectivity index (χ3n) is 4.02. The summed E-state index contributed by atoms with van der Waals surface area (Å²) in [4.78, 5) is 12.3. The van der Waals surface area contributed by atoms with Crippen LogP contribution in [0.2, 0.25) is 15.1 Å². The second-order valence-electron chi connectivity index (χ2n) is 6.03. The Labute approximate surface area is 177 Å². The van der Waals surface area contributed by atoms with Crippen molar-refractivity contribution < 1.29 is 13.9 Å². The van der Waals surface area contributed by atoms with Crippen molar-refractivity contribution in [3.8, 4) is 5.75 Å². The van der Waals surface area contributed by atoms with Crippen molar-refractivity contribution in [3.05, 3.63) is 68.3 Å². The number of halogens is 3. The second-order valence-corrected chi connectivity index (χ2v) is 7.28. The van der Waals surface area contributed by atoms with Gasteiger partial charge in [0.05, 0.1) is 15.7 Å². The third-order valence-corrected chi connectivity index (χ3v) is 4.80. The quantitative estimate of drug-likeness (QED) is 0.541. The van der Waals surface area contributed by atoms with Crippen molar-refractivity contribution in [3.63, 3.8) is 0 Å². The highest BCUT2D eigenvalue weighted by Gasteiger charge is 2.14. The summed E-state index contributed by atoms with van der Waals surface area (Å²) in [5.41, 5.74) is 1.84. The average molecular weight is 443 g/mol. The monoisotopic (exact) mass is 441 g/mol. The maximum Gasteiger partial charge on any atom is 0.287 e. The Morgan fingerprint density at radius 2 is 1.96 bits per heavy atom. The molecule has 0 aliphatic heterocycles. The molecule has 2 heterocycles. The molecule has 1 aromatic carbocycles. The largest absolute Gasteiger partial charge is 0.483 e. The number of carbonyl (C=O) groups is 1. The van der Waals surface area contributed by atoms with Crippen LogP contribution in [0, 0.1) is 6.92 Å². The molecule has 0 fully saturated rings. The van der Waals surface area contributed by atoms with Gasteiger partial charge in [-0.1, -0.05) is 34.8 Å². The first kappa shape index (κ1) is 20.6. The van der Waals surface area contributed by atoms with Gasteiger partial charge in [-0.2, -0.15) is 5.10 Å². The summed E-state index contributed by atoms with van der Waals surface area (Å²) in [5.74, 6) is 0.630. The number of ether oxygens (including phenoxy) is 1. The zero-order valence-electron chi connectivity index (χ0n) is 15.3. The standard InChI is InChI=1S/C19H18Cl3N3O3/c1-3-25-9-12(11(2)24-25)8-23-19(26)17-5-4-14(28-17)10-27-18-15(21)6-13(20)7-16(18)22/h4-7,9H,3,8,10H2,1-2H3,(H,23,26). The van der Waals surface area contributed by atoms with Crippen LogP contribution < -0.4 is 10.1 Å². The summed E-state index contributed by atoms with van der Waals surface area (Å²) in [6.07, 6.45) is 1.91. The van der Waals surface area contributed by atoms with Crippen LogP contribution in [0.3, 0.4) is 0 Å². The van der Waals surface area contributed by atoms with Crippen LogP contribution in [0.5, 0.6) is 5.75 Å². The molecule has 0 saturated heterocycles. The molecule has 148 valence electrons. The zero-order valence-corrected chi connectivity index (χ0v) is 17.5. The molecule has 0 aliphatic rings. The highest BCUT2D eigenvalue weighted by atomic mass is 35.5. The van der Waals surface area contributed by atoms with E-state index in [4.69, 9.17) is 44.0 Å². The fraction of sp³-hybridized carbons (Fsp3) is 0.263. The van der Waals surface area contributed by atoms with Crippen molar-refractivity contribution in [1.82, 2.24) is 15.1 Å². The topological polar surface area (TPSA) is 69.3 Å². The Bertz CT molecular complexity index is 974. The van der Waals surface area contributed by atoms with Gasteiger partial charge in [-0.15, -0.1) is 0 Å². The summed E-state index contributed by atoms with van der Waals surface area (Å²) < 4.78 is 13.0. The molecule has 9 heteroatoms. The van der Waals surface area contributed by atoms with E-state index < -0.39 is 0 Å². The molecule has 0 bridgehead atoms. The first-order chi connectivity index (χ1) is 13.4. The number of nitrogens with zero attached hydrogens (tertiary/aromatic N) is 2. The molecule has 0 spiro atoms. The number of aromatic nitrogens is 2. The van der Waals surface area contributed by atoms with E-state index in [9.17, 15) is 4.79 Å².